The second kappa shape index (κ2) is 6.43. The van der Waals surface area contributed by atoms with Crippen molar-refractivity contribution in [3.05, 3.63) is 29.8 Å². The molecule has 0 heterocycles. The lowest BCUT2D eigenvalue weighted by Gasteiger charge is -2.21. The number of hydrogen-bond donors (Lipinski definition) is 2. The van der Waals surface area contributed by atoms with Crippen molar-refractivity contribution in [3.63, 3.8) is 0 Å². The van der Waals surface area contributed by atoms with Gasteiger partial charge < -0.3 is 10.5 Å². The zero-order chi connectivity index (χ0) is 12.8. The zero-order valence-corrected chi connectivity index (χ0v) is 10.8. The molecular weight excluding hydrogens is 224 g/mol. The van der Waals surface area contributed by atoms with E-state index in [0.29, 0.717) is 6.42 Å². The molecule has 1 aliphatic rings. The minimum absolute atomic E-state index is 0.200. The van der Waals surface area contributed by atoms with Gasteiger partial charge >= 0.3 is 0 Å². The van der Waals surface area contributed by atoms with E-state index in [1.807, 2.05) is 24.3 Å². The molecule has 0 radical (unpaired) electrons. The molecule has 98 valence electrons. The standard InChI is InChI=1S/C15H22N2O/c16-15(17)10-12-6-8-14(9-7-12)18-11-13-4-2-1-3-5-13/h6-9,13H,1-5,10-11H2,(H3,16,17). The van der Waals surface area contributed by atoms with Crippen LogP contribution >= 0.6 is 0 Å². The van der Waals surface area contributed by atoms with Crippen molar-refractivity contribution in [1.29, 1.82) is 5.41 Å². The van der Waals surface area contributed by atoms with Crippen molar-refractivity contribution in [2.24, 2.45) is 11.7 Å². The molecule has 18 heavy (non-hydrogen) atoms. The van der Waals surface area contributed by atoms with E-state index in [-0.39, 0.29) is 5.84 Å². The Bertz CT molecular complexity index is 380. The normalized spacial score (nSPS) is 16.4. The molecule has 0 amide bonds. The molecule has 3 N–H and O–H groups in total. The van der Waals surface area contributed by atoms with Gasteiger partial charge in [0.25, 0.3) is 0 Å². The summed E-state index contributed by atoms with van der Waals surface area (Å²) < 4.78 is 5.82. The van der Waals surface area contributed by atoms with Gasteiger partial charge in [0.2, 0.25) is 0 Å². The number of rotatable bonds is 5. The first-order chi connectivity index (χ1) is 8.74. The molecule has 3 nitrogen and oxygen atoms in total. The van der Waals surface area contributed by atoms with Crippen LogP contribution in [0.25, 0.3) is 0 Å². The number of nitrogens with one attached hydrogen (secondary N) is 1. The number of benzene rings is 1. The maximum Gasteiger partial charge on any atom is 0.119 e. The van der Waals surface area contributed by atoms with Gasteiger partial charge in [-0.05, 0) is 36.5 Å². The van der Waals surface area contributed by atoms with Crippen molar-refractivity contribution in [1.82, 2.24) is 0 Å². The largest absolute Gasteiger partial charge is 0.493 e. The summed E-state index contributed by atoms with van der Waals surface area (Å²) in [6, 6.07) is 7.91. The second-order valence-corrected chi connectivity index (χ2v) is 5.16. The lowest BCUT2D eigenvalue weighted by molar-refractivity contribution is 0.209. The molecule has 1 aliphatic carbocycles. The quantitative estimate of drug-likeness (QED) is 0.619. The number of ether oxygens (including phenoxy) is 1. The number of amidine groups is 1. The molecule has 1 saturated carbocycles. The Kier molecular flexibility index (Phi) is 4.62. The lowest BCUT2D eigenvalue weighted by atomic mass is 9.90. The first kappa shape index (κ1) is 12.9. The van der Waals surface area contributed by atoms with E-state index in [9.17, 15) is 0 Å². The van der Waals surface area contributed by atoms with Crippen LogP contribution in [0.4, 0.5) is 0 Å². The second-order valence-electron chi connectivity index (χ2n) is 5.16. The Hall–Kier alpha value is -1.51. The number of hydrogen-bond acceptors (Lipinski definition) is 2. The molecule has 0 aliphatic heterocycles. The topological polar surface area (TPSA) is 59.1 Å². The van der Waals surface area contributed by atoms with E-state index in [1.165, 1.54) is 32.1 Å². The summed E-state index contributed by atoms with van der Waals surface area (Å²) >= 11 is 0. The van der Waals surface area contributed by atoms with Crippen molar-refractivity contribution in [2.75, 3.05) is 6.61 Å². The van der Waals surface area contributed by atoms with Gasteiger partial charge in [0, 0.05) is 6.42 Å². The van der Waals surface area contributed by atoms with Crippen molar-refractivity contribution in [2.45, 2.75) is 38.5 Å². The minimum atomic E-state index is 0.200. The van der Waals surface area contributed by atoms with E-state index < -0.39 is 0 Å². The first-order valence-corrected chi connectivity index (χ1v) is 6.78. The molecule has 3 heteroatoms. The van der Waals surface area contributed by atoms with Gasteiger partial charge in [0.1, 0.15) is 5.75 Å². The Labute approximate surface area is 109 Å². The van der Waals surface area contributed by atoms with Crippen molar-refractivity contribution in [3.8, 4) is 5.75 Å². The van der Waals surface area contributed by atoms with Gasteiger partial charge in [0.15, 0.2) is 0 Å². The monoisotopic (exact) mass is 246 g/mol. The molecule has 1 aromatic carbocycles. The van der Waals surface area contributed by atoms with Crippen LogP contribution in [-0.2, 0) is 6.42 Å². The van der Waals surface area contributed by atoms with Crippen LogP contribution < -0.4 is 10.5 Å². The van der Waals surface area contributed by atoms with Crippen molar-refractivity contribution < 1.29 is 4.74 Å². The van der Waals surface area contributed by atoms with Gasteiger partial charge in [-0.25, -0.2) is 0 Å². The van der Waals surface area contributed by atoms with E-state index in [2.05, 4.69) is 0 Å². The summed E-state index contributed by atoms with van der Waals surface area (Å²) in [5.41, 5.74) is 6.43. The maximum absolute atomic E-state index is 7.25. The van der Waals surface area contributed by atoms with Crippen LogP contribution in [0.2, 0.25) is 0 Å². The molecule has 0 aromatic heterocycles. The molecule has 0 saturated heterocycles. The Morgan fingerprint density at radius 2 is 1.83 bits per heavy atom. The van der Waals surface area contributed by atoms with Crippen LogP contribution in [0.5, 0.6) is 5.75 Å². The van der Waals surface area contributed by atoms with Gasteiger partial charge in [0.05, 0.1) is 12.4 Å². The van der Waals surface area contributed by atoms with Crippen LogP contribution in [0.1, 0.15) is 37.7 Å². The zero-order valence-electron chi connectivity index (χ0n) is 10.8. The molecule has 1 aromatic rings. The fourth-order valence-electron chi connectivity index (χ4n) is 2.49. The van der Waals surface area contributed by atoms with Gasteiger partial charge in [-0.15, -0.1) is 0 Å². The third-order valence-corrected chi connectivity index (χ3v) is 3.53. The minimum Gasteiger partial charge on any atom is -0.493 e. The van der Waals surface area contributed by atoms with E-state index >= 15 is 0 Å². The number of nitrogens with two attached hydrogens (primary N) is 1. The molecule has 0 bridgehead atoms. The van der Waals surface area contributed by atoms with Crippen LogP contribution in [0.3, 0.4) is 0 Å². The Balaban J connectivity index is 1.80. The summed E-state index contributed by atoms with van der Waals surface area (Å²) in [6.45, 7) is 0.839. The molecule has 0 spiro atoms. The highest BCUT2D eigenvalue weighted by molar-refractivity contribution is 5.79. The van der Waals surface area contributed by atoms with Gasteiger partial charge in [-0.1, -0.05) is 31.4 Å². The third-order valence-electron chi connectivity index (χ3n) is 3.53. The Morgan fingerprint density at radius 3 is 2.44 bits per heavy atom. The van der Waals surface area contributed by atoms with Gasteiger partial charge in [-0.2, -0.15) is 0 Å². The van der Waals surface area contributed by atoms with Crippen LogP contribution in [-0.4, -0.2) is 12.4 Å². The maximum atomic E-state index is 7.25. The smallest absolute Gasteiger partial charge is 0.119 e. The SMILES string of the molecule is N=C(N)Cc1ccc(OCC2CCCCC2)cc1. The van der Waals surface area contributed by atoms with E-state index in [0.717, 1.165) is 23.8 Å². The van der Waals surface area contributed by atoms with Gasteiger partial charge in [-0.3, -0.25) is 5.41 Å². The molecule has 0 atom stereocenters. The average molecular weight is 246 g/mol. The molecule has 1 fully saturated rings. The summed E-state index contributed by atoms with van der Waals surface area (Å²) in [5, 5.41) is 7.25. The average Bonchev–Trinajstić information content (AvgIpc) is 2.38. The predicted octanol–water partition coefficient (Wildman–Crippen LogP) is 3.12. The highest BCUT2D eigenvalue weighted by atomic mass is 16.5. The fraction of sp³-hybridized carbons (Fsp3) is 0.533. The van der Waals surface area contributed by atoms with E-state index in [4.69, 9.17) is 15.9 Å². The molecule has 0 unspecified atom stereocenters. The van der Waals surface area contributed by atoms with Crippen molar-refractivity contribution >= 4 is 5.84 Å². The molecule has 2 rings (SSSR count). The summed E-state index contributed by atoms with van der Waals surface area (Å²) in [6.07, 6.45) is 7.22. The van der Waals surface area contributed by atoms with E-state index in [1.54, 1.807) is 0 Å². The highest BCUT2D eigenvalue weighted by Gasteiger charge is 2.13. The summed E-state index contributed by atoms with van der Waals surface area (Å²) in [7, 11) is 0. The lowest BCUT2D eigenvalue weighted by Crippen LogP contribution is -2.15. The first-order valence-electron chi connectivity index (χ1n) is 6.78. The third kappa shape index (κ3) is 4.06. The highest BCUT2D eigenvalue weighted by Crippen LogP contribution is 2.24. The summed E-state index contributed by atoms with van der Waals surface area (Å²) in [5.74, 6) is 1.86. The molecular formula is C15H22N2O. The predicted molar refractivity (Wildman–Crippen MR) is 74.1 cm³/mol. The fourth-order valence-corrected chi connectivity index (χ4v) is 2.49. The summed E-state index contributed by atoms with van der Waals surface area (Å²) in [4.78, 5) is 0. The van der Waals surface area contributed by atoms with Crippen LogP contribution in [0, 0.1) is 11.3 Å². The Morgan fingerprint density at radius 1 is 1.17 bits per heavy atom. The van der Waals surface area contributed by atoms with Crippen LogP contribution in [0.15, 0.2) is 24.3 Å².